The lowest BCUT2D eigenvalue weighted by Gasteiger charge is -2.34. The van der Waals surface area contributed by atoms with Gasteiger partial charge in [-0.3, -0.25) is 9.48 Å². The summed E-state index contributed by atoms with van der Waals surface area (Å²) in [4.78, 5) is 19.2. The van der Waals surface area contributed by atoms with E-state index in [4.69, 9.17) is 4.52 Å². The van der Waals surface area contributed by atoms with Gasteiger partial charge >= 0.3 is 0 Å². The Morgan fingerprint density at radius 3 is 2.82 bits per heavy atom. The van der Waals surface area contributed by atoms with Crippen molar-refractivity contribution >= 4 is 5.91 Å². The molecule has 2 aromatic heterocycles. The first-order chi connectivity index (χ1) is 13.7. The third kappa shape index (κ3) is 3.00. The Morgan fingerprint density at radius 2 is 2.07 bits per heavy atom. The largest absolute Gasteiger partial charge is 0.338 e. The van der Waals surface area contributed by atoms with Gasteiger partial charge in [0.15, 0.2) is 11.5 Å². The summed E-state index contributed by atoms with van der Waals surface area (Å²) >= 11 is 0. The Kier molecular flexibility index (Phi) is 4.22. The second kappa shape index (κ2) is 6.89. The maximum Gasteiger partial charge on any atom is 0.278 e. The molecular formula is C21H23N5O2. The fourth-order valence-corrected chi connectivity index (χ4v) is 4.07. The van der Waals surface area contributed by atoms with Crippen molar-refractivity contribution in [3.05, 3.63) is 53.0 Å². The second-order valence-electron chi connectivity index (χ2n) is 7.71. The molecule has 5 rings (SSSR count). The number of hydrogen-bond acceptors (Lipinski definition) is 5. The summed E-state index contributed by atoms with van der Waals surface area (Å²) in [6.45, 7) is 1.33. The van der Waals surface area contributed by atoms with Crippen LogP contribution in [-0.2, 0) is 31.2 Å². The number of carbonyl (C=O) groups excluding carboxylic acids is 1. The minimum absolute atomic E-state index is 0.211. The van der Waals surface area contributed by atoms with Gasteiger partial charge < -0.3 is 9.42 Å². The van der Waals surface area contributed by atoms with E-state index in [2.05, 4.69) is 15.2 Å². The monoisotopic (exact) mass is 377 g/mol. The zero-order valence-electron chi connectivity index (χ0n) is 16.0. The summed E-state index contributed by atoms with van der Waals surface area (Å²) in [5.74, 6) is 1.56. The highest BCUT2D eigenvalue weighted by Crippen LogP contribution is 2.33. The molecule has 28 heavy (non-hydrogen) atoms. The zero-order chi connectivity index (χ0) is 19.1. The van der Waals surface area contributed by atoms with E-state index in [9.17, 15) is 4.79 Å². The Hall–Kier alpha value is -2.96. The molecule has 3 aromatic rings. The van der Waals surface area contributed by atoms with E-state index in [1.807, 2.05) is 47.0 Å². The van der Waals surface area contributed by atoms with Gasteiger partial charge in [0.1, 0.15) is 0 Å². The van der Waals surface area contributed by atoms with E-state index >= 15 is 0 Å². The predicted octanol–water partition coefficient (Wildman–Crippen LogP) is 2.75. The molecule has 1 amide bonds. The molecule has 7 nitrogen and oxygen atoms in total. The van der Waals surface area contributed by atoms with E-state index < -0.39 is 0 Å². The van der Waals surface area contributed by atoms with Crippen molar-refractivity contribution in [2.45, 2.75) is 38.6 Å². The van der Waals surface area contributed by atoms with Crippen LogP contribution < -0.4 is 0 Å². The number of nitrogens with zero attached hydrogens (tertiary/aromatic N) is 5. The van der Waals surface area contributed by atoms with Crippen molar-refractivity contribution in [2.24, 2.45) is 13.0 Å². The van der Waals surface area contributed by atoms with Crippen LogP contribution >= 0.6 is 0 Å². The van der Waals surface area contributed by atoms with Crippen molar-refractivity contribution in [2.75, 3.05) is 6.54 Å². The van der Waals surface area contributed by atoms with E-state index in [-0.39, 0.29) is 11.8 Å². The topological polar surface area (TPSA) is 77.1 Å². The Labute approximate surface area is 163 Å². The summed E-state index contributed by atoms with van der Waals surface area (Å²) < 4.78 is 7.42. The van der Waals surface area contributed by atoms with Gasteiger partial charge in [-0.05, 0) is 18.4 Å². The lowest BCUT2D eigenvalue weighted by atomic mass is 9.84. The fraction of sp³-hybridized carbons (Fsp3) is 0.429. The SMILES string of the molecule is Cn1nc(-c2nc(Cc3ccccc3)no2)c2c1CCN(C(=O)C1CCC1)C2. The third-order valence-corrected chi connectivity index (χ3v) is 5.88. The summed E-state index contributed by atoms with van der Waals surface area (Å²) in [5.41, 5.74) is 4.03. The van der Waals surface area contributed by atoms with E-state index in [1.165, 1.54) is 6.42 Å². The quantitative estimate of drug-likeness (QED) is 0.699. The number of benzene rings is 1. The Morgan fingerprint density at radius 1 is 1.25 bits per heavy atom. The molecule has 0 saturated heterocycles. The van der Waals surface area contributed by atoms with Gasteiger partial charge in [-0.1, -0.05) is 41.9 Å². The molecule has 0 unspecified atom stereocenters. The van der Waals surface area contributed by atoms with Gasteiger partial charge in [0.05, 0.1) is 0 Å². The average Bonchev–Trinajstić information content (AvgIpc) is 3.25. The molecule has 2 aliphatic rings. The molecule has 0 atom stereocenters. The molecule has 0 N–H and O–H groups in total. The normalized spacial score (nSPS) is 16.7. The fourth-order valence-electron chi connectivity index (χ4n) is 4.07. The molecule has 0 spiro atoms. The first-order valence-electron chi connectivity index (χ1n) is 9.89. The maximum atomic E-state index is 12.7. The summed E-state index contributed by atoms with van der Waals surface area (Å²) in [6, 6.07) is 10.1. The number of amides is 1. The standard InChI is InChI=1S/C21H23N5O2/c1-25-17-10-11-26(21(27)15-8-5-9-15)13-16(17)19(23-25)20-22-18(24-28-20)12-14-6-3-2-4-7-14/h2-4,6-7,15H,5,8-13H2,1H3. The molecule has 1 fully saturated rings. The predicted molar refractivity (Wildman–Crippen MR) is 102 cm³/mol. The van der Waals surface area contributed by atoms with Crippen LogP contribution in [0, 0.1) is 5.92 Å². The number of fused-ring (bicyclic) bond motifs is 1. The van der Waals surface area contributed by atoms with Crippen LogP contribution in [0.25, 0.3) is 11.6 Å². The van der Waals surface area contributed by atoms with Crippen LogP contribution in [-0.4, -0.2) is 37.3 Å². The van der Waals surface area contributed by atoms with Gasteiger partial charge in [0.2, 0.25) is 5.91 Å². The third-order valence-electron chi connectivity index (χ3n) is 5.88. The van der Waals surface area contributed by atoms with Crippen LogP contribution in [0.3, 0.4) is 0 Å². The smallest absolute Gasteiger partial charge is 0.278 e. The lowest BCUT2D eigenvalue weighted by Crippen LogP contribution is -2.42. The zero-order valence-corrected chi connectivity index (χ0v) is 16.0. The lowest BCUT2D eigenvalue weighted by molar-refractivity contribution is -0.139. The highest BCUT2D eigenvalue weighted by atomic mass is 16.5. The molecule has 144 valence electrons. The van der Waals surface area contributed by atoms with E-state index in [1.54, 1.807) is 0 Å². The van der Waals surface area contributed by atoms with Gasteiger partial charge in [0, 0.05) is 50.2 Å². The molecule has 1 aliphatic carbocycles. The van der Waals surface area contributed by atoms with Gasteiger partial charge in [0.25, 0.3) is 5.89 Å². The number of aryl methyl sites for hydroxylation is 1. The first kappa shape index (κ1) is 17.2. The van der Waals surface area contributed by atoms with Crippen molar-refractivity contribution in [3.63, 3.8) is 0 Å². The number of carbonyl (C=O) groups is 1. The number of hydrogen-bond donors (Lipinski definition) is 0. The van der Waals surface area contributed by atoms with Gasteiger partial charge in [-0.15, -0.1) is 0 Å². The van der Waals surface area contributed by atoms with Gasteiger partial charge in [-0.25, -0.2) is 0 Å². The maximum absolute atomic E-state index is 12.7. The van der Waals surface area contributed by atoms with Crippen molar-refractivity contribution in [1.82, 2.24) is 24.8 Å². The Balaban J connectivity index is 1.40. The minimum atomic E-state index is 0.211. The highest BCUT2D eigenvalue weighted by molar-refractivity contribution is 5.80. The molecule has 0 bridgehead atoms. The van der Waals surface area contributed by atoms with E-state index in [0.29, 0.717) is 30.4 Å². The molecule has 1 saturated carbocycles. The van der Waals surface area contributed by atoms with Crippen LogP contribution in [0.4, 0.5) is 0 Å². The van der Waals surface area contributed by atoms with Crippen LogP contribution in [0.1, 0.15) is 41.9 Å². The van der Waals surface area contributed by atoms with Crippen LogP contribution in [0.2, 0.25) is 0 Å². The molecule has 1 aromatic carbocycles. The summed E-state index contributed by atoms with van der Waals surface area (Å²) in [7, 11) is 1.94. The van der Waals surface area contributed by atoms with Crippen LogP contribution in [0.15, 0.2) is 34.9 Å². The average molecular weight is 377 g/mol. The molecule has 3 heterocycles. The second-order valence-corrected chi connectivity index (χ2v) is 7.71. The summed E-state index contributed by atoms with van der Waals surface area (Å²) in [6.07, 6.45) is 4.64. The minimum Gasteiger partial charge on any atom is -0.338 e. The van der Waals surface area contributed by atoms with Crippen molar-refractivity contribution in [1.29, 1.82) is 0 Å². The first-order valence-corrected chi connectivity index (χ1v) is 9.89. The summed E-state index contributed by atoms with van der Waals surface area (Å²) in [5, 5.41) is 8.77. The molecule has 1 aliphatic heterocycles. The number of aromatic nitrogens is 4. The molecule has 0 radical (unpaired) electrons. The van der Waals surface area contributed by atoms with Crippen LogP contribution in [0.5, 0.6) is 0 Å². The number of rotatable bonds is 4. The van der Waals surface area contributed by atoms with Crippen molar-refractivity contribution in [3.8, 4) is 11.6 Å². The Bertz CT molecular complexity index is 1000. The van der Waals surface area contributed by atoms with E-state index in [0.717, 1.165) is 42.6 Å². The molecular weight excluding hydrogens is 354 g/mol. The highest BCUT2D eigenvalue weighted by Gasteiger charge is 2.34. The molecule has 7 heteroatoms. The van der Waals surface area contributed by atoms with Gasteiger partial charge in [-0.2, -0.15) is 10.1 Å². The van der Waals surface area contributed by atoms with Crippen molar-refractivity contribution < 1.29 is 9.32 Å².